The van der Waals surface area contributed by atoms with Crippen molar-refractivity contribution in [2.45, 2.75) is 62.2 Å². The van der Waals surface area contributed by atoms with Crippen LogP contribution in [0.5, 0.6) is 11.5 Å². The summed E-state index contributed by atoms with van der Waals surface area (Å²) in [5.41, 5.74) is 2.24. The molecule has 0 aromatic heterocycles. The number of nitrogens with zero attached hydrogens (tertiary/aromatic N) is 1. The summed E-state index contributed by atoms with van der Waals surface area (Å²) in [5.74, 6) is -0.0476. The van der Waals surface area contributed by atoms with Crippen LogP contribution in [0.15, 0.2) is 72.8 Å². The van der Waals surface area contributed by atoms with Crippen LogP contribution in [0.25, 0.3) is 11.1 Å². The molecule has 248 valence electrons. The number of ether oxygens (including phenoxy) is 3. The van der Waals surface area contributed by atoms with Crippen molar-refractivity contribution >= 4 is 21.9 Å². The molecule has 0 aliphatic carbocycles. The highest BCUT2D eigenvalue weighted by molar-refractivity contribution is 7.92. The largest absolute Gasteiger partial charge is 0.496 e. The minimum absolute atomic E-state index is 0.105. The van der Waals surface area contributed by atoms with Gasteiger partial charge in [0, 0.05) is 19.6 Å². The van der Waals surface area contributed by atoms with Gasteiger partial charge in [-0.15, -0.1) is 0 Å². The quantitative estimate of drug-likeness (QED) is 0.266. The van der Waals surface area contributed by atoms with Gasteiger partial charge >= 0.3 is 12.1 Å². The second-order valence-electron chi connectivity index (χ2n) is 12.6. The average Bonchev–Trinajstić information content (AvgIpc) is 3.02. The molecule has 10 nitrogen and oxygen atoms in total. The summed E-state index contributed by atoms with van der Waals surface area (Å²) in [6, 6.07) is 20.7. The number of carbonyl (C=O) groups excluding carboxylic acids is 1. The molecule has 11 heteroatoms. The van der Waals surface area contributed by atoms with Crippen molar-refractivity contribution in [3.05, 3.63) is 83.9 Å². The van der Waals surface area contributed by atoms with Crippen LogP contribution in [-0.4, -0.2) is 80.7 Å². The smallest absolute Gasteiger partial charge is 0.410 e. The lowest BCUT2D eigenvalue weighted by Crippen LogP contribution is -2.61. The van der Waals surface area contributed by atoms with Crippen LogP contribution < -0.4 is 14.8 Å². The molecule has 1 aliphatic heterocycles. The topological polar surface area (TPSA) is 131 Å². The molecule has 3 aromatic carbocycles. The molecule has 1 saturated heterocycles. The molecule has 1 heterocycles. The predicted molar refractivity (Wildman–Crippen MR) is 177 cm³/mol. The maximum Gasteiger partial charge on any atom is 0.410 e. The van der Waals surface area contributed by atoms with Crippen LogP contribution in [0.4, 0.5) is 4.79 Å². The van der Waals surface area contributed by atoms with Crippen LogP contribution in [0, 0.1) is 0 Å². The summed E-state index contributed by atoms with van der Waals surface area (Å²) in [4.78, 5) is 27.0. The number of benzene rings is 3. The molecule has 2 N–H and O–H groups in total. The van der Waals surface area contributed by atoms with Gasteiger partial charge in [0.15, 0.2) is 9.84 Å². The third-order valence-corrected chi connectivity index (χ3v) is 10.6. The van der Waals surface area contributed by atoms with Gasteiger partial charge in [-0.2, -0.15) is 0 Å². The summed E-state index contributed by atoms with van der Waals surface area (Å²) in [6.07, 6.45) is 0.230. The molecule has 1 amide bonds. The molecule has 4 rings (SSSR count). The first kappa shape index (κ1) is 34.8. The SMILES string of the molecule is COc1cccc(OC)c1-c1ccc(C[C@H](NCC2(S(=O)(=O)Cc3ccccc3)CCCN(C(=O)OC(C)(C)C)C2)C(=O)O)cc1. The number of carboxylic acids is 1. The van der Waals surface area contributed by atoms with Crippen molar-refractivity contribution < 1.29 is 37.3 Å². The lowest BCUT2D eigenvalue weighted by Gasteiger charge is -2.43. The Morgan fingerprint density at radius 3 is 2.13 bits per heavy atom. The number of hydrogen-bond acceptors (Lipinski definition) is 8. The number of rotatable bonds is 12. The summed E-state index contributed by atoms with van der Waals surface area (Å²) in [5, 5.41) is 13.3. The molecular formula is C35H44N2O8S. The van der Waals surface area contributed by atoms with E-state index in [-0.39, 0.29) is 31.7 Å². The second kappa shape index (κ2) is 14.6. The van der Waals surface area contributed by atoms with E-state index in [1.165, 1.54) is 4.90 Å². The Morgan fingerprint density at radius 1 is 0.935 bits per heavy atom. The molecule has 0 saturated carbocycles. The Kier molecular flexibility index (Phi) is 11.0. The highest BCUT2D eigenvalue weighted by Crippen LogP contribution is 2.38. The zero-order valence-corrected chi connectivity index (χ0v) is 27.9. The number of methoxy groups -OCH3 is 2. The van der Waals surface area contributed by atoms with E-state index in [9.17, 15) is 23.1 Å². The first-order chi connectivity index (χ1) is 21.8. The molecular weight excluding hydrogens is 608 g/mol. The number of carbonyl (C=O) groups is 2. The number of aliphatic carboxylic acids is 1. The van der Waals surface area contributed by atoms with E-state index in [1.807, 2.05) is 48.5 Å². The molecule has 3 aromatic rings. The first-order valence-electron chi connectivity index (χ1n) is 15.3. The number of sulfone groups is 1. The Hall–Kier alpha value is -4.09. The molecule has 1 fully saturated rings. The Morgan fingerprint density at radius 2 is 1.57 bits per heavy atom. The minimum atomic E-state index is -3.88. The molecule has 0 bridgehead atoms. The Labute approximate surface area is 271 Å². The lowest BCUT2D eigenvalue weighted by molar-refractivity contribution is -0.139. The first-order valence-corrected chi connectivity index (χ1v) is 16.9. The molecule has 2 atom stereocenters. The zero-order chi connectivity index (χ0) is 33.5. The van der Waals surface area contributed by atoms with Gasteiger partial charge in [0.25, 0.3) is 0 Å². The zero-order valence-electron chi connectivity index (χ0n) is 27.1. The summed E-state index contributed by atoms with van der Waals surface area (Å²) >= 11 is 0. The molecule has 46 heavy (non-hydrogen) atoms. The number of hydrogen-bond donors (Lipinski definition) is 2. The van der Waals surface area contributed by atoms with E-state index < -0.39 is 38.3 Å². The summed E-state index contributed by atoms with van der Waals surface area (Å²) < 4.78 is 43.5. The van der Waals surface area contributed by atoms with Crippen LogP contribution in [0.3, 0.4) is 0 Å². The highest BCUT2D eigenvalue weighted by atomic mass is 32.2. The van der Waals surface area contributed by atoms with E-state index in [2.05, 4.69) is 5.32 Å². The number of piperidine rings is 1. The normalized spacial score (nSPS) is 17.6. The van der Waals surface area contributed by atoms with E-state index in [4.69, 9.17) is 14.2 Å². The molecule has 0 radical (unpaired) electrons. The van der Waals surface area contributed by atoms with Crippen molar-refractivity contribution in [3.8, 4) is 22.6 Å². The fraction of sp³-hybridized carbons (Fsp3) is 0.429. The highest BCUT2D eigenvalue weighted by Gasteiger charge is 2.48. The van der Waals surface area contributed by atoms with Gasteiger partial charge in [0.2, 0.25) is 0 Å². The van der Waals surface area contributed by atoms with Gasteiger partial charge in [-0.25, -0.2) is 13.2 Å². The predicted octanol–water partition coefficient (Wildman–Crippen LogP) is 5.34. The van der Waals surface area contributed by atoms with Gasteiger partial charge < -0.3 is 29.5 Å². The van der Waals surface area contributed by atoms with Crippen molar-refractivity contribution in [1.82, 2.24) is 10.2 Å². The van der Waals surface area contributed by atoms with Crippen LogP contribution in [-0.2, 0) is 31.5 Å². The summed E-state index contributed by atoms with van der Waals surface area (Å²) in [6.45, 7) is 5.37. The maximum absolute atomic E-state index is 14.2. The lowest BCUT2D eigenvalue weighted by atomic mass is 9.95. The van der Waals surface area contributed by atoms with E-state index >= 15 is 0 Å². The fourth-order valence-electron chi connectivity index (χ4n) is 5.77. The minimum Gasteiger partial charge on any atom is -0.496 e. The van der Waals surface area contributed by atoms with Crippen molar-refractivity contribution in [1.29, 1.82) is 0 Å². The van der Waals surface area contributed by atoms with Gasteiger partial charge in [-0.05, 0) is 68.9 Å². The van der Waals surface area contributed by atoms with Crippen LogP contribution in [0.2, 0.25) is 0 Å². The van der Waals surface area contributed by atoms with Gasteiger partial charge in [-0.1, -0.05) is 60.7 Å². The van der Waals surface area contributed by atoms with E-state index in [1.54, 1.807) is 59.3 Å². The molecule has 0 spiro atoms. The van der Waals surface area contributed by atoms with Crippen molar-refractivity contribution in [2.75, 3.05) is 33.9 Å². The molecule has 1 aliphatic rings. The Bertz CT molecular complexity index is 1580. The van der Waals surface area contributed by atoms with Crippen molar-refractivity contribution in [3.63, 3.8) is 0 Å². The van der Waals surface area contributed by atoms with E-state index in [0.717, 1.165) is 16.7 Å². The third-order valence-electron chi connectivity index (χ3n) is 8.13. The maximum atomic E-state index is 14.2. The van der Waals surface area contributed by atoms with Gasteiger partial charge in [0.05, 0.1) is 25.5 Å². The van der Waals surface area contributed by atoms with Gasteiger partial charge in [0.1, 0.15) is 27.9 Å². The van der Waals surface area contributed by atoms with Crippen LogP contribution in [0.1, 0.15) is 44.7 Å². The monoisotopic (exact) mass is 652 g/mol. The fourth-order valence-corrected chi connectivity index (χ4v) is 7.82. The molecule has 1 unspecified atom stereocenters. The van der Waals surface area contributed by atoms with Gasteiger partial charge in [-0.3, -0.25) is 4.79 Å². The standard InChI is InChI=1S/C35H44N2O8S/c1-34(2,3)45-33(40)37-20-10-19-35(24-37,46(41,42)22-26-11-7-6-8-12-26)23-36-28(32(38)39)21-25-15-17-27(18-16-25)31-29(43-4)13-9-14-30(31)44-5/h6-9,11-18,28,36H,10,19-24H2,1-5H3,(H,38,39)/t28-,35?/m0/s1. The summed E-state index contributed by atoms with van der Waals surface area (Å²) in [7, 11) is -0.711. The Balaban J connectivity index is 1.58. The number of likely N-dealkylation sites (tertiary alicyclic amines) is 1. The average molecular weight is 653 g/mol. The van der Waals surface area contributed by atoms with Crippen LogP contribution >= 0.6 is 0 Å². The second-order valence-corrected chi connectivity index (χ2v) is 15.0. The third kappa shape index (κ3) is 8.38. The van der Waals surface area contributed by atoms with Crippen molar-refractivity contribution in [2.24, 2.45) is 0 Å². The van der Waals surface area contributed by atoms with E-state index in [0.29, 0.717) is 30.0 Å². The number of nitrogens with one attached hydrogen (secondary N) is 1. The number of amides is 1. The number of carboxylic acid groups (broad SMARTS) is 1.